The van der Waals surface area contributed by atoms with Gasteiger partial charge in [-0.25, -0.2) is 18.7 Å². The average Bonchev–Trinajstić information content (AvgIpc) is 3.51. The van der Waals surface area contributed by atoms with E-state index in [0.29, 0.717) is 17.7 Å². The summed E-state index contributed by atoms with van der Waals surface area (Å²) >= 11 is 1.49. The van der Waals surface area contributed by atoms with E-state index in [2.05, 4.69) is 16.2 Å². The van der Waals surface area contributed by atoms with Crippen molar-refractivity contribution in [2.45, 2.75) is 38.6 Å². The van der Waals surface area contributed by atoms with E-state index in [1.807, 2.05) is 38.3 Å². The molecule has 0 N–H and O–H groups in total. The van der Waals surface area contributed by atoms with Crippen LogP contribution in [0.5, 0.6) is 0 Å². The molecule has 0 aliphatic heterocycles. The molecule has 2 aromatic carbocycles. The highest BCUT2D eigenvalue weighted by Gasteiger charge is 2.45. The molecule has 168 valence electrons. The minimum absolute atomic E-state index is 0.0738. The van der Waals surface area contributed by atoms with Gasteiger partial charge in [0.1, 0.15) is 24.3 Å². The lowest BCUT2D eigenvalue weighted by Crippen LogP contribution is -2.43. The summed E-state index contributed by atoms with van der Waals surface area (Å²) in [6.45, 7) is 6.33. The summed E-state index contributed by atoms with van der Waals surface area (Å²) in [5.74, 6) is -1.27. The number of aromatic nitrogens is 4. The van der Waals surface area contributed by atoms with Gasteiger partial charge in [-0.05, 0) is 41.8 Å². The minimum atomic E-state index is -0.834. The highest BCUT2D eigenvalue weighted by atomic mass is 32.1. The Bertz CT molecular complexity index is 1280. The summed E-state index contributed by atoms with van der Waals surface area (Å²) < 4.78 is 31.2. The zero-order chi connectivity index (χ0) is 23.6. The van der Waals surface area contributed by atoms with E-state index in [1.165, 1.54) is 29.8 Å². The molecular formula is C25H23F2N5S. The normalized spacial score (nSPS) is 14.1. The van der Waals surface area contributed by atoms with Crippen molar-refractivity contribution >= 4 is 11.3 Å². The van der Waals surface area contributed by atoms with Crippen LogP contribution in [-0.4, -0.2) is 19.7 Å². The summed E-state index contributed by atoms with van der Waals surface area (Å²) in [4.78, 5) is 8.90. The van der Waals surface area contributed by atoms with E-state index < -0.39 is 17.0 Å². The molecule has 4 aromatic rings. The molecule has 5 nitrogen and oxygen atoms in total. The predicted octanol–water partition coefficient (Wildman–Crippen LogP) is 5.95. The zero-order valence-electron chi connectivity index (χ0n) is 18.5. The number of thiazole rings is 1. The average molecular weight is 464 g/mol. The van der Waals surface area contributed by atoms with Gasteiger partial charge in [-0.1, -0.05) is 32.9 Å². The van der Waals surface area contributed by atoms with Gasteiger partial charge in [0, 0.05) is 22.3 Å². The molecule has 0 saturated carbocycles. The predicted molar refractivity (Wildman–Crippen MR) is 124 cm³/mol. The zero-order valence-corrected chi connectivity index (χ0v) is 19.4. The third-order valence-electron chi connectivity index (χ3n) is 6.33. The first-order valence-corrected chi connectivity index (χ1v) is 11.5. The number of hydrogen-bond acceptors (Lipinski definition) is 5. The molecule has 4 rings (SSSR count). The van der Waals surface area contributed by atoms with E-state index in [4.69, 9.17) is 10.2 Å². The van der Waals surface area contributed by atoms with Gasteiger partial charge < -0.3 is 0 Å². The number of nitriles is 1. The first-order chi connectivity index (χ1) is 15.8. The summed E-state index contributed by atoms with van der Waals surface area (Å²) in [6, 6.07) is 12.9. The molecule has 33 heavy (non-hydrogen) atoms. The maximum atomic E-state index is 15.2. The summed E-state index contributed by atoms with van der Waals surface area (Å²) in [5, 5.41) is 16.1. The fourth-order valence-electron chi connectivity index (χ4n) is 4.44. The Labute approximate surface area is 195 Å². The van der Waals surface area contributed by atoms with Crippen molar-refractivity contribution in [1.82, 2.24) is 19.7 Å². The van der Waals surface area contributed by atoms with Gasteiger partial charge in [0.15, 0.2) is 0 Å². The van der Waals surface area contributed by atoms with Gasteiger partial charge in [0.2, 0.25) is 0 Å². The van der Waals surface area contributed by atoms with Gasteiger partial charge in [-0.15, -0.1) is 11.3 Å². The second kappa shape index (κ2) is 9.20. The van der Waals surface area contributed by atoms with Crippen molar-refractivity contribution in [2.75, 3.05) is 0 Å². The van der Waals surface area contributed by atoms with Gasteiger partial charge in [-0.2, -0.15) is 10.4 Å². The Morgan fingerprint density at radius 1 is 1.12 bits per heavy atom. The lowest BCUT2D eigenvalue weighted by molar-refractivity contribution is 0.204. The van der Waals surface area contributed by atoms with Crippen LogP contribution >= 0.6 is 11.3 Å². The van der Waals surface area contributed by atoms with Gasteiger partial charge in [0.25, 0.3) is 0 Å². The van der Waals surface area contributed by atoms with Crippen LogP contribution in [0.2, 0.25) is 0 Å². The second-order valence-corrected chi connectivity index (χ2v) is 9.28. The Morgan fingerprint density at radius 3 is 2.52 bits per heavy atom. The molecular weight excluding hydrogens is 440 g/mol. The number of halogens is 2. The molecule has 8 heteroatoms. The topological polar surface area (TPSA) is 67.4 Å². The number of nitrogens with zero attached hydrogens (tertiary/aromatic N) is 5. The fourth-order valence-corrected chi connectivity index (χ4v) is 5.43. The largest absolute Gasteiger partial charge is 0.252 e. The molecule has 2 atom stereocenters. The van der Waals surface area contributed by atoms with Crippen LogP contribution in [0.4, 0.5) is 8.78 Å². The number of rotatable bonds is 7. The van der Waals surface area contributed by atoms with Crippen LogP contribution < -0.4 is 0 Å². The monoisotopic (exact) mass is 463 g/mol. The van der Waals surface area contributed by atoms with Crippen LogP contribution in [0.3, 0.4) is 0 Å². The quantitative estimate of drug-likeness (QED) is 0.340. The molecule has 0 aliphatic rings. The highest BCUT2D eigenvalue weighted by molar-refractivity contribution is 7.10. The summed E-state index contributed by atoms with van der Waals surface area (Å²) in [7, 11) is 0. The van der Waals surface area contributed by atoms with Crippen LogP contribution in [0.1, 0.15) is 42.8 Å². The SMILES string of the molecule is CC(C)C(Cn1cncn1)(c1cc(F)ccc1F)C(C)c1nc(-c2ccc(C#N)cc2)cs1. The van der Waals surface area contributed by atoms with E-state index in [0.717, 1.165) is 22.3 Å². The van der Waals surface area contributed by atoms with Gasteiger partial charge in [0.05, 0.1) is 28.9 Å². The molecule has 0 radical (unpaired) electrons. The smallest absolute Gasteiger partial charge is 0.137 e. The summed E-state index contributed by atoms with van der Waals surface area (Å²) in [6.07, 6.45) is 3.02. The van der Waals surface area contributed by atoms with Crippen molar-refractivity contribution in [3.8, 4) is 17.3 Å². The van der Waals surface area contributed by atoms with Crippen LogP contribution in [-0.2, 0) is 12.0 Å². The lowest BCUT2D eigenvalue weighted by atomic mass is 9.63. The standard InChI is InChI=1S/C25H23F2N5S/c1-16(2)25(13-32-15-29-14-30-32,21-10-20(26)8-9-22(21)27)17(3)24-31-23(12-33-24)19-6-4-18(11-28)5-7-19/h4-10,12,14-17H,13H2,1-3H3. The van der Waals surface area contributed by atoms with Crippen LogP contribution in [0.15, 0.2) is 60.5 Å². The van der Waals surface area contributed by atoms with Crippen LogP contribution in [0, 0.1) is 28.9 Å². The molecule has 2 aromatic heterocycles. The second-order valence-electron chi connectivity index (χ2n) is 8.39. The maximum absolute atomic E-state index is 15.2. The highest BCUT2D eigenvalue weighted by Crippen LogP contribution is 2.48. The molecule has 0 bridgehead atoms. The Balaban J connectivity index is 1.82. The lowest BCUT2D eigenvalue weighted by Gasteiger charge is -2.42. The number of benzene rings is 2. The number of hydrogen-bond donors (Lipinski definition) is 0. The fraction of sp³-hybridized carbons (Fsp3) is 0.280. The first-order valence-electron chi connectivity index (χ1n) is 10.6. The third kappa shape index (κ3) is 4.29. The molecule has 0 fully saturated rings. The molecule has 2 unspecified atom stereocenters. The van der Waals surface area contributed by atoms with Gasteiger partial charge >= 0.3 is 0 Å². The Kier molecular flexibility index (Phi) is 6.34. The Morgan fingerprint density at radius 2 is 1.88 bits per heavy atom. The van der Waals surface area contributed by atoms with E-state index >= 15 is 4.39 Å². The first kappa shape index (κ1) is 22.7. The molecule has 2 heterocycles. The molecule has 0 saturated heterocycles. The maximum Gasteiger partial charge on any atom is 0.137 e. The minimum Gasteiger partial charge on any atom is -0.252 e. The Hall–Kier alpha value is -3.44. The van der Waals surface area contributed by atoms with Crippen molar-refractivity contribution in [3.63, 3.8) is 0 Å². The van der Waals surface area contributed by atoms with E-state index in [-0.39, 0.29) is 11.8 Å². The van der Waals surface area contributed by atoms with Crippen LogP contribution in [0.25, 0.3) is 11.3 Å². The van der Waals surface area contributed by atoms with Gasteiger partial charge in [-0.3, -0.25) is 4.68 Å². The van der Waals surface area contributed by atoms with Crippen molar-refractivity contribution < 1.29 is 8.78 Å². The summed E-state index contributed by atoms with van der Waals surface area (Å²) in [5.41, 5.74) is 1.72. The van der Waals surface area contributed by atoms with Crippen molar-refractivity contribution in [2.24, 2.45) is 5.92 Å². The van der Waals surface area contributed by atoms with E-state index in [9.17, 15) is 4.39 Å². The molecule has 0 spiro atoms. The van der Waals surface area contributed by atoms with E-state index in [1.54, 1.807) is 23.1 Å². The molecule has 0 amide bonds. The van der Waals surface area contributed by atoms with Crippen molar-refractivity contribution in [1.29, 1.82) is 5.26 Å². The molecule has 0 aliphatic carbocycles. The third-order valence-corrected chi connectivity index (χ3v) is 7.35. The van der Waals surface area contributed by atoms with Crippen molar-refractivity contribution in [3.05, 3.63) is 88.3 Å².